The van der Waals surface area contributed by atoms with E-state index >= 15 is 0 Å². The SMILES string of the molecule is Cc1ccccc1/C(C#N)=C/Sc1ccc(N)cc1N. The standard InChI is InChI=1S/C16H15N3S/c1-11-4-2-3-5-14(11)12(9-17)10-20-16-7-6-13(18)8-15(16)19/h2-8,10H,18-19H2,1H3/b12-10+. The summed E-state index contributed by atoms with van der Waals surface area (Å²) >= 11 is 1.43. The van der Waals surface area contributed by atoms with Gasteiger partial charge in [-0.05, 0) is 41.7 Å². The van der Waals surface area contributed by atoms with Crippen LogP contribution in [0.5, 0.6) is 0 Å². The lowest BCUT2D eigenvalue weighted by atomic mass is 10.0. The van der Waals surface area contributed by atoms with Crippen LogP contribution in [0.4, 0.5) is 11.4 Å². The molecule has 0 fully saturated rings. The van der Waals surface area contributed by atoms with Crippen LogP contribution < -0.4 is 11.5 Å². The van der Waals surface area contributed by atoms with E-state index < -0.39 is 0 Å². The largest absolute Gasteiger partial charge is 0.399 e. The maximum Gasteiger partial charge on any atom is 0.100 e. The van der Waals surface area contributed by atoms with Crippen LogP contribution in [0.1, 0.15) is 11.1 Å². The zero-order valence-electron chi connectivity index (χ0n) is 11.1. The third kappa shape index (κ3) is 3.14. The topological polar surface area (TPSA) is 75.8 Å². The molecule has 0 saturated carbocycles. The van der Waals surface area contributed by atoms with Gasteiger partial charge in [-0.1, -0.05) is 36.0 Å². The number of benzene rings is 2. The molecule has 4 heteroatoms. The van der Waals surface area contributed by atoms with Crippen molar-refractivity contribution in [2.45, 2.75) is 11.8 Å². The minimum atomic E-state index is 0.619. The summed E-state index contributed by atoms with van der Waals surface area (Å²) in [6.07, 6.45) is 0. The molecule has 0 amide bonds. The van der Waals surface area contributed by atoms with Gasteiger partial charge < -0.3 is 11.5 Å². The Morgan fingerprint density at radius 3 is 2.60 bits per heavy atom. The predicted octanol–water partition coefficient (Wildman–Crippen LogP) is 3.82. The third-order valence-electron chi connectivity index (χ3n) is 2.89. The molecule has 4 N–H and O–H groups in total. The number of aryl methyl sites for hydroxylation is 1. The first-order chi connectivity index (χ1) is 9.61. The van der Waals surface area contributed by atoms with Gasteiger partial charge in [-0.15, -0.1) is 0 Å². The molecule has 0 aliphatic heterocycles. The number of nitriles is 1. The summed E-state index contributed by atoms with van der Waals surface area (Å²) in [5.41, 5.74) is 15.5. The molecule has 100 valence electrons. The summed E-state index contributed by atoms with van der Waals surface area (Å²) in [5, 5.41) is 11.1. The highest BCUT2D eigenvalue weighted by molar-refractivity contribution is 8.02. The lowest BCUT2D eigenvalue weighted by molar-refractivity contribution is 1.42. The smallest absolute Gasteiger partial charge is 0.100 e. The number of allylic oxidation sites excluding steroid dienone is 1. The number of nitrogens with two attached hydrogens (primary N) is 2. The minimum Gasteiger partial charge on any atom is -0.399 e. The Morgan fingerprint density at radius 2 is 1.95 bits per heavy atom. The van der Waals surface area contributed by atoms with Gasteiger partial charge in [0.2, 0.25) is 0 Å². The first-order valence-corrected chi connectivity index (χ1v) is 6.97. The second kappa shape index (κ2) is 6.18. The van der Waals surface area contributed by atoms with Crippen LogP contribution in [0.25, 0.3) is 5.57 Å². The summed E-state index contributed by atoms with van der Waals surface area (Å²) in [6, 6.07) is 15.4. The number of hydrogen-bond acceptors (Lipinski definition) is 4. The Bertz CT molecular complexity index is 699. The number of anilines is 2. The van der Waals surface area contributed by atoms with Gasteiger partial charge in [-0.2, -0.15) is 5.26 Å². The Balaban J connectivity index is 2.29. The fourth-order valence-corrected chi connectivity index (χ4v) is 2.59. The molecule has 0 saturated heterocycles. The Kier molecular flexibility index (Phi) is 4.34. The average molecular weight is 281 g/mol. The molecule has 20 heavy (non-hydrogen) atoms. The zero-order chi connectivity index (χ0) is 14.5. The van der Waals surface area contributed by atoms with E-state index in [2.05, 4.69) is 6.07 Å². The van der Waals surface area contributed by atoms with Crippen molar-refractivity contribution in [3.8, 4) is 6.07 Å². The molecule has 0 aliphatic carbocycles. The van der Waals surface area contributed by atoms with Crippen molar-refractivity contribution < 1.29 is 0 Å². The summed E-state index contributed by atoms with van der Waals surface area (Å²) < 4.78 is 0. The summed E-state index contributed by atoms with van der Waals surface area (Å²) in [6.45, 7) is 1.99. The first-order valence-electron chi connectivity index (χ1n) is 6.09. The van der Waals surface area contributed by atoms with Crippen LogP contribution >= 0.6 is 11.8 Å². The second-order valence-electron chi connectivity index (χ2n) is 4.37. The lowest BCUT2D eigenvalue weighted by Gasteiger charge is -2.05. The fraction of sp³-hybridized carbons (Fsp3) is 0.0625. The summed E-state index contributed by atoms with van der Waals surface area (Å²) in [4.78, 5) is 0.889. The van der Waals surface area contributed by atoms with Crippen molar-refractivity contribution >= 4 is 28.7 Å². The molecular weight excluding hydrogens is 266 g/mol. The van der Waals surface area contributed by atoms with Crippen molar-refractivity contribution in [1.29, 1.82) is 5.26 Å². The van der Waals surface area contributed by atoms with Gasteiger partial charge in [0.15, 0.2) is 0 Å². The third-order valence-corrected chi connectivity index (χ3v) is 3.87. The van der Waals surface area contributed by atoms with Crippen LogP contribution in [0.3, 0.4) is 0 Å². The molecule has 0 unspecified atom stereocenters. The maximum absolute atomic E-state index is 9.31. The molecule has 0 aliphatic rings. The monoisotopic (exact) mass is 281 g/mol. The van der Waals surface area contributed by atoms with Crippen molar-refractivity contribution in [3.05, 3.63) is 59.0 Å². The molecule has 2 rings (SSSR count). The van der Waals surface area contributed by atoms with Crippen LogP contribution in [0, 0.1) is 18.3 Å². The Morgan fingerprint density at radius 1 is 1.20 bits per heavy atom. The highest BCUT2D eigenvalue weighted by Gasteiger charge is 2.05. The quantitative estimate of drug-likeness (QED) is 0.509. The molecule has 2 aromatic carbocycles. The van der Waals surface area contributed by atoms with E-state index in [1.165, 1.54) is 11.8 Å². The van der Waals surface area contributed by atoms with Crippen molar-refractivity contribution in [3.63, 3.8) is 0 Å². The molecule has 0 atom stereocenters. The van der Waals surface area contributed by atoms with Gasteiger partial charge in [0.05, 0.1) is 5.57 Å². The van der Waals surface area contributed by atoms with Crippen LogP contribution in [-0.2, 0) is 0 Å². The molecular formula is C16H15N3S. The second-order valence-corrected chi connectivity index (χ2v) is 5.28. The van der Waals surface area contributed by atoms with Crippen LogP contribution in [0.2, 0.25) is 0 Å². The highest BCUT2D eigenvalue weighted by atomic mass is 32.2. The minimum absolute atomic E-state index is 0.619. The van der Waals surface area contributed by atoms with Gasteiger partial charge in [0.25, 0.3) is 0 Å². The molecule has 0 radical (unpaired) electrons. The number of nitrogens with zero attached hydrogens (tertiary/aromatic N) is 1. The van der Waals surface area contributed by atoms with Crippen LogP contribution in [0.15, 0.2) is 52.8 Å². The van der Waals surface area contributed by atoms with E-state index in [1.807, 2.05) is 42.7 Å². The van der Waals surface area contributed by atoms with E-state index in [9.17, 15) is 5.26 Å². The highest BCUT2D eigenvalue weighted by Crippen LogP contribution is 2.30. The Labute approximate surface area is 122 Å². The van der Waals surface area contributed by atoms with Gasteiger partial charge >= 0.3 is 0 Å². The molecule has 0 aromatic heterocycles. The number of rotatable bonds is 3. The van der Waals surface area contributed by atoms with E-state index in [0.717, 1.165) is 16.0 Å². The number of thioether (sulfide) groups is 1. The lowest BCUT2D eigenvalue weighted by Crippen LogP contribution is -1.91. The summed E-state index contributed by atoms with van der Waals surface area (Å²) in [7, 11) is 0. The van der Waals surface area contributed by atoms with Crippen molar-refractivity contribution in [2.24, 2.45) is 0 Å². The Hall–Kier alpha value is -2.38. The van der Waals surface area contributed by atoms with E-state index in [4.69, 9.17) is 11.5 Å². The molecule has 0 spiro atoms. The number of nitrogen functional groups attached to an aromatic ring is 2. The predicted molar refractivity (Wildman–Crippen MR) is 85.9 cm³/mol. The van der Waals surface area contributed by atoms with E-state index in [1.54, 1.807) is 12.1 Å². The van der Waals surface area contributed by atoms with Gasteiger partial charge in [0, 0.05) is 16.3 Å². The molecule has 0 bridgehead atoms. The van der Waals surface area contributed by atoms with Crippen LogP contribution in [-0.4, -0.2) is 0 Å². The summed E-state index contributed by atoms with van der Waals surface area (Å²) in [5.74, 6) is 0. The van der Waals surface area contributed by atoms with Gasteiger partial charge in [-0.25, -0.2) is 0 Å². The van der Waals surface area contributed by atoms with Crippen molar-refractivity contribution in [1.82, 2.24) is 0 Å². The molecule has 3 nitrogen and oxygen atoms in total. The fourth-order valence-electron chi connectivity index (χ4n) is 1.82. The first kappa shape index (κ1) is 14.0. The van der Waals surface area contributed by atoms with Gasteiger partial charge in [0.1, 0.15) is 6.07 Å². The normalized spacial score (nSPS) is 11.1. The number of hydrogen-bond donors (Lipinski definition) is 2. The zero-order valence-corrected chi connectivity index (χ0v) is 11.9. The average Bonchev–Trinajstić information content (AvgIpc) is 2.43. The molecule has 2 aromatic rings. The van der Waals surface area contributed by atoms with E-state index in [0.29, 0.717) is 16.9 Å². The van der Waals surface area contributed by atoms with Gasteiger partial charge in [-0.3, -0.25) is 0 Å². The maximum atomic E-state index is 9.31. The van der Waals surface area contributed by atoms with E-state index in [-0.39, 0.29) is 0 Å². The van der Waals surface area contributed by atoms with Crippen molar-refractivity contribution in [2.75, 3.05) is 11.5 Å². The molecule has 0 heterocycles.